The van der Waals surface area contributed by atoms with Crippen LogP contribution < -0.4 is 0 Å². The molecule has 1 nitrogen and oxygen atoms in total. The van der Waals surface area contributed by atoms with Crippen LogP contribution in [0.15, 0.2) is 40.2 Å². The van der Waals surface area contributed by atoms with E-state index in [0.717, 1.165) is 4.90 Å². The Morgan fingerprint density at radius 1 is 1.33 bits per heavy atom. The topological polar surface area (TPSA) is 12.4 Å². The van der Waals surface area contributed by atoms with E-state index in [1.54, 1.807) is 0 Å². The smallest absolute Gasteiger partial charge is 0.169 e. The first-order valence-electron chi connectivity index (χ1n) is 4.29. The Hall–Kier alpha value is -0.0500. The zero-order valence-corrected chi connectivity index (χ0v) is 11.0. The van der Waals surface area contributed by atoms with Crippen molar-refractivity contribution in [3.05, 3.63) is 30.3 Å². The Morgan fingerprint density at radius 3 is 2.60 bits per heavy atom. The molecule has 5 heteroatoms. The fraction of sp³-hybridized carbons (Fsp3) is 0.300. The molecule has 0 atom stereocenters. The molecule has 1 aromatic rings. The molecule has 0 fully saturated rings. The van der Waals surface area contributed by atoms with Crippen LogP contribution >= 0.6 is 47.2 Å². The summed E-state index contributed by atoms with van der Waals surface area (Å²) >= 11 is 18.1. The SMILES string of the molecule is S=C=NCCC(Cl)(Cl)Sc1ccccc1. The maximum absolute atomic E-state index is 6.11. The van der Waals surface area contributed by atoms with Gasteiger partial charge in [0.2, 0.25) is 0 Å². The minimum absolute atomic E-state index is 0.496. The van der Waals surface area contributed by atoms with E-state index < -0.39 is 3.67 Å². The van der Waals surface area contributed by atoms with Crippen LogP contribution in [0.25, 0.3) is 0 Å². The first kappa shape index (κ1) is 13.0. The number of hydrogen-bond acceptors (Lipinski definition) is 3. The zero-order chi connectivity index (χ0) is 11.1. The van der Waals surface area contributed by atoms with E-state index in [4.69, 9.17) is 23.2 Å². The van der Waals surface area contributed by atoms with Crippen molar-refractivity contribution in [3.8, 4) is 0 Å². The fourth-order valence-electron chi connectivity index (χ4n) is 0.944. The quantitative estimate of drug-likeness (QED) is 0.342. The van der Waals surface area contributed by atoms with E-state index in [2.05, 4.69) is 22.4 Å². The Bertz CT molecular complexity index is 348. The average molecular weight is 278 g/mol. The van der Waals surface area contributed by atoms with Crippen molar-refractivity contribution in [2.75, 3.05) is 6.54 Å². The maximum atomic E-state index is 6.11. The molecule has 0 spiro atoms. The predicted octanol–water partition coefficient (Wildman–Crippen LogP) is 4.40. The summed E-state index contributed by atoms with van der Waals surface area (Å²) < 4.78 is -0.864. The molecule has 0 N–H and O–H groups in total. The maximum Gasteiger partial charge on any atom is 0.169 e. The number of benzene rings is 1. The number of hydrogen-bond donors (Lipinski definition) is 0. The second-order valence-corrected chi connectivity index (χ2v) is 6.26. The molecule has 0 heterocycles. The van der Waals surface area contributed by atoms with Gasteiger partial charge in [-0.15, -0.1) is 0 Å². The average Bonchev–Trinajstić information content (AvgIpc) is 2.18. The van der Waals surface area contributed by atoms with Crippen molar-refractivity contribution >= 4 is 52.3 Å². The van der Waals surface area contributed by atoms with E-state index in [-0.39, 0.29) is 0 Å². The highest BCUT2D eigenvalue weighted by Gasteiger charge is 2.24. The molecule has 0 radical (unpaired) electrons. The van der Waals surface area contributed by atoms with Crippen molar-refractivity contribution < 1.29 is 0 Å². The molecule has 1 aromatic carbocycles. The number of nitrogens with zero attached hydrogens (tertiary/aromatic N) is 1. The van der Waals surface area contributed by atoms with Gasteiger partial charge in [0.25, 0.3) is 0 Å². The van der Waals surface area contributed by atoms with Crippen LogP contribution in [0, 0.1) is 0 Å². The third kappa shape index (κ3) is 5.55. The second kappa shape index (κ2) is 6.51. The number of isothiocyanates is 1. The lowest BCUT2D eigenvalue weighted by atomic mass is 10.4. The van der Waals surface area contributed by atoms with E-state index in [1.165, 1.54) is 11.8 Å². The third-order valence-corrected chi connectivity index (χ3v) is 3.57. The van der Waals surface area contributed by atoms with Crippen LogP contribution in [0.1, 0.15) is 6.42 Å². The molecule has 1 rings (SSSR count). The molecular weight excluding hydrogens is 269 g/mol. The Labute approximate surface area is 109 Å². The van der Waals surface area contributed by atoms with Crippen LogP contribution in [-0.2, 0) is 0 Å². The van der Waals surface area contributed by atoms with Gasteiger partial charge in [-0.3, -0.25) is 0 Å². The molecule has 0 saturated heterocycles. The molecule has 0 aromatic heterocycles. The monoisotopic (exact) mass is 277 g/mol. The largest absolute Gasteiger partial charge is 0.232 e. The highest BCUT2D eigenvalue weighted by molar-refractivity contribution is 8.03. The minimum Gasteiger partial charge on any atom is -0.232 e. The van der Waals surface area contributed by atoms with Crippen LogP contribution in [0.5, 0.6) is 0 Å². The minimum atomic E-state index is -0.864. The summed E-state index contributed by atoms with van der Waals surface area (Å²) in [5.74, 6) is 0. The van der Waals surface area contributed by atoms with E-state index >= 15 is 0 Å². The third-order valence-electron chi connectivity index (χ3n) is 1.59. The lowest BCUT2D eigenvalue weighted by molar-refractivity contribution is 0.876. The Kier molecular flexibility index (Phi) is 5.65. The number of thiocarbonyl (C=S) groups is 1. The molecule has 0 saturated carbocycles. The molecule has 0 aliphatic heterocycles. The summed E-state index contributed by atoms with van der Waals surface area (Å²) in [6.45, 7) is 0.496. The molecule has 0 aliphatic carbocycles. The first-order valence-corrected chi connectivity index (χ1v) is 6.28. The molecule has 0 unspecified atom stereocenters. The van der Waals surface area contributed by atoms with Gasteiger partial charge in [-0.1, -0.05) is 53.2 Å². The number of aliphatic imine (C=N–C) groups is 1. The zero-order valence-electron chi connectivity index (χ0n) is 7.82. The summed E-state index contributed by atoms with van der Waals surface area (Å²) in [5.41, 5.74) is 0. The van der Waals surface area contributed by atoms with Gasteiger partial charge in [0.1, 0.15) is 0 Å². The van der Waals surface area contributed by atoms with E-state index in [9.17, 15) is 0 Å². The van der Waals surface area contributed by atoms with Gasteiger partial charge in [0, 0.05) is 11.3 Å². The summed E-state index contributed by atoms with van der Waals surface area (Å²) in [6, 6.07) is 9.77. The van der Waals surface area contributed by atoms with Gasteiger partial charge >= 0.3 is 0 Å². The van der Waals surface area contributed by atoms with E-state index in [1.807, 2.05) is 30.3 Å². The predicted molar refractivity (Wildman–Crippen MR) is 71.2 cm³/mol. The lowest BCUT2D eigenvalue weighted by Crippen LogP contribution is -2.08. The highest BCUT2D eigenvalue weighted by atomic mass is 35.5. The van der Waals surface area contributed by atoms with Gasteiger partial charge in [-0.2, -0.15) is 0 Å². The standard InChI is InChI=1S/C10H9Cl2NS2/c11-10(12,6-7-13-8-14)15-9-4-2-1-3-5-9/h1-5H,6-7H2. The summed E-state index contributed by atoms with van der Waals surface area (Å²) in [4.78, 5) is 4.82. The van der Waals surface area contributed by atoms with Gasteiger partial charge in [0.05, 0.1) is 11.7 Å². The summed E-state index contributed by atoms with van der Waals surface area (Å²) in [5, 5.41) is 2.29. The Balaban J connectivity index is 2.52. The van der Waals surface area contributed by atoms with Gasteiger partial charge in [-0.25, -0.2) is 4.99 Å². The van der Waals surface area contributed by atoms with Crippen molar-refractivity contribution in [3.63, 3.8) is 0 Å². The van der Waals surface area contributed by atoms with E-state index in [0.29, 0.717) is 13.0 Å². The highest BCUT2D eigenvalue weighted by Crippen LogP contribution is 2.42. The molecule has 0 amide bonds. The lowest BCUT2D eigenvalue weighted by Gasteiger charge is -2.17. The van der Waals surface area contributed by atoms with Crippen LogP contribution in [-0.4, -0.2) is 15.4 Å². The van der Waals surface area contributed by atoms with Crippen LogP contribution in [0.4, 0.5) is 0 Å². The van der Waals surface area contributed by atoms with Crippen molar-refractivity contribution in [1.29, 1.82) is 0 Å². The number of thioether (sulfide) groups is 1. The second-order valence-electron chi connectivity index (χ2n) is 2.78. The number of halogens is 2. The molecule has 0 bridgehead atoms. The van der Waals surface area contributed by atoms with Gasteiger partial charge in [-0.05, 0) is 24.4 Å². The normalized spacial score (nSPS) is 10.8. The molecule has 0 aliphatic rings. The molecular formula is C10H9Cl2NS2. The fourth-order valence-corrected chi connectivity index (χ4v) is 2.57. The van der Waals surface area contributed by atoms with Crippen molar-refractivity contribution in [1.82, 2.24) is 0 Å². The summed E-state index contributed by atoms with van der Waals surface area (Å²) in [6.07, 6.45) is 0.541. The molecule has 80 valence electrons. The Morgan fingerprint density at radius 2 is 2.00 bits per heavy atom. The first-order chi connectivity index (χ1) is 7.14. The molecule has 15 heavy (non-hydrogen) atoms. The number of rotatable bonds is 5. The van der Waals surface area contributed by atoms with Gasteiger partial charge < -0.3 is 0 Å². The number of alkyl halides is 2. The van der Waals surface area contributed by atoms with Crippen molar-refractivity contribution in [2.24, 2.45) is 4.99 Å². The van der Waals surface area contributed by atoms with Crippen LogP contribution in [0.2, 0.25) is 0 Å². The van der Waals surface area contributed by atoms with Crippen LogP contribution in [0.3, 0.4) is 0 Å². The summed E-state index contributed by atoms with van der Waals surface area (Å²) in [7, 11) is 0. The van der Waals surface area contributed by atoms with Crippen molar-refractivity contribution in [2.45, 2.75) is 15.0 Å². The van der Waals surface area contributed by atoms with Gasteiger partial charge in [0.15, 0.2) is 3.67 Å².